The maximum Gasteiger partial charge on any atom is 0.194 e. The molecule has 0 saturated carbocycles. The van der Waals surface area contributed by atoms with Gasteiger partial charge in [0.25, 0.3) is 0 Å². The second-order valence-electron chi connectivity index (χ2n) is 7.53. The summed E-state index contributed by atoms with van der Waals surface area (Å²) in [7, 11) is 1.98. The largest absolute Gasteiger partial charge is 0.494 e. The highest BCUT2D eigenvalue weighted by Crippen LogP contribution is 2.22. The van der Waals surface area contributed by atoms with Crippen LogP contribution in [0.1, 0.15) is 37.0 Å². The van der Waals surface area contributed by atoms with Crippen molar-refractivity contribution in [3.63, 3.8) is 0 Å². The average molecular weight is 384 g/mol. The predicted octanol–water partition coefficient (Wildman–Crippen LogP) is 3.16. The molecule has 1 aromatic heterocycles. The van der Waals surface area contributed by atoms with Gasteiger partial charge in [-0.3, -0.25) is 4.68 Å². The number of aryl methyl sites for hydroxylation is 2. The normalized spacial score (nSPS) is 17.2. The van der Waals surface area contributed by atoms with Crippen molar-refractivity contribution in [2.45, 2.75) is 40.2 Å². The lowest BCUT2D eigenvalue weighted by Crippen LogP contribution is -2.40. The molecule has 3 rings (SSSR count). The highest BCUT2D eigenvalue weighted by Gasteiger charge is 2.25. The van der Waals surface area contributed by atoms with Crippen molar-refractivity contribution in [3.8, 4) is 5.75 Å². The molecule has 6 heteroatoms. The van der Waals surface area contributed by atoms with E-state index in [1.165, 1.54) is 17.5 Å². The third-order valence-electron chi connectivity index (χ3n) is 5.15. The Labute approximate surface area is 168 Å². The molecule has 152 valence electrons. The Balaban J connectivity index is 1.62. The summed E-state index contributed by atoms with van der Waals surface area (Å²) in [6, 6.07) is 6.34. The molecule has 1 N–H and O–H groups in total. The molecule has 6 nitrogen and oxygen atoms in total. The molecule has 2 heterocycles. The number of hydrogen-bond acceptors (Lipinski definition) is 3. The van der Waals surface area contributed by atoms with Gasteiger partial charge >= 0.3 is 0 Å². The van der Waals surface area contributed by atoms with Gasteiger partial charge in [-0.1, -0.05) is 12.1 Å². The van der Waals surface area contributed by atoms with Gasteiger partial charge < -0.3 is 15.0 Å². The number of nitrogens with one attached hydrogen (secondary N) is 1. The number of benzene rings is 1. The van der Waals surface area contributed by atoms with Gasteiger partial charge in [-0.2, -0.15) is 5.10 Å². The first-order chi connectivity index (χ1) is 13.6. The van der Waals surface area contributed by atoms with Crippen LogP contribution in [-0.4, -0.2) is 46.9 Å². The number of hydrogen-bond donors (Lipinski definition) is 1. The zero-order chi connectivity index (χ0) is 19.9. The molecular formula is C22H33N5O. The van der Waals surface area contributed by atoms with E-state index in [2.05, 4.69) is 53.6 Å². The van der Waals surface area contributed by atoms with E-state index in [0.29, 0.717) is 19.1 Å². The third kappa shape index (κ3) is 5.27. The number of guanidine groups is 1. The fourth-order valence-electron chi connectivity index (χ4n) is 3.82. The summed E-state index contributed by atoms with van der Waals surface area (Å²) in [6.45, 7) is 10.6. The summed E-state index contributed by atoms with van der Waals surface area (Å²) >= 11 is 0. The van der Waals surface area contributed by atoms with Crippen LogP contribution < -0.4 is 10.1 Å². The van der Waals surface area contributed by atoms with Crippen LogP contribution in [0, 0.1) is 12.8 Å². The quantitative estimate of drug-likeness (QED) is 0.589. The zero-order valence-electron chi connectivity index (χ0n) is 17.6. The third-order valence-corrected chi connectivity index (χ3v) is 5.15. The van der Waals surface area contributed by atoms with Crippen LogP contribution in [0.15, 0.2) is 35.6 Å². The number of likely N-dealkylation sites (tertiary alicyclic amines) is 1. The van der Waals surface area contributed by atoms with Gasteiger partial charge in [0.05, 0.1) is 19.3 Å². The molecular weight excluding hydrogens is 350 g/mol. The predicted molar refractivity (Wildman–Crippen MR) is 114 cm³/mol. The Morgan fingerprint density at radius 2 is 2.18 bits per heavy atom. The summed E-state index contributed by atoms with van der Waals surface area (Å²) in [4.78, 5) is 7.30. The second-order valence-corrected chi connectivity index (χ2v) is 7.53. The smallest absolute Gasteiger partial charge is 0.194 e. The van der Waals surface area contributed by atoms with E-state index in [4.69, 9.17) is 9.73 Å². The van der Waals surface area contributed by atoms with E-state index in [9.17, 15) is 0 Å². The Kier molecular flexibility index (Phi) is 6.95. The van der Waals surface area contributed by atoms with E-state index >= 15 is 0 Å². The van der Waals surface area contributed by atoms with Crippen LogP contribution in [0.3, 0.4) is 0 Å². The van der Waals surface area contributed by atoms with Crippen LogP contribution in [0.5, 0.6) is 5.75 Å². The highest BCUT2D eigenvalue weighted by molar-refractivity contribution is 5.80. The van der Waals surface area contributed by atoms with Gasteiger partial charge in [0, 0.05) is 32.9 Å². The molecule has 0 bridgehead atoms. The minimum atomic E-state index is 0.653. The monoisotopic (exact) mass is 383 g/mol. The van der Waals surface area contributed by atoms with E-state index < -0.39 is 0 Å². The second kappa shape index (κ2) is 9.62. The standard InChI is InChI=1S/C22H33N5O/c1-5-23-22(24-13-18-7-8-21(28-6-2)17(3)11-18)27-10-9-19(16-27)12-20-14-25-26(4)15-20/h7-8,11,14-15,19H,5-6,9-10,12-13,16H2,1-4H3,(H,23,24). The molecule has 1 aromatic carbocycles. The number of aromatic nitrogens is 2. The van der Waals surface area contributed by atoms with Crippen molar-refractivity contribution >= 4 is 5.96 Å². The van der Waals surface area contributed by atoms with Crippen molar-refractivity contribution in [1.29, 1.82) is 0 Å². The van der Waals surface area contributed by atoms with E-state index in [-0.39, 0.29) is 0 Å². The van der Waals surface area contributed by atoms with Gasteiger partial charge in [-0.15, -0.1) is 0 Å². The molecule has 2 aromatic rings. The lowest BCUT2D eigenvalue weighted by molar-refractivity contribution is 0.338. The lowest BCUT2D eigenvalue weighted by Gasteiger charge is -2.21. The maximum atomic E-state index is 5.64. The van der Waals surface area contributed by atoms with Crippen molar-refractivity contribution in [2.24, 2.45) is 18.0 Å². The highest BCUT2D eigenvalue weighted by atomic mass is 16.5. The van der Waals surface area contributed by atoms with Crippen LogP contribution in [-0.2, 0) is 20.0 Å². The SMILES string of the molecule is CCNC(=NCc1ccc(OCC)c(C)c1)N1CCC(Cc2cnn(C)c2)C1. The van der Waals surface area contributed by atoms with Crippen LogP contribution in [0.25, 0.3) is 0 Å². The summed E-state index contributed by atoms with van der Waals surface area (Å²) in [5.41, 5.74) is 3.70. The zero-order valence-corrected chi connectivity index (χ0v) is 17.6. The Hall–Kier alpha value is -2.50. The number of rotatable bonds is 7. The van der Waals surface area contributed by atoms with Gasteiger partial charge in [-0.25, -0.2) is 4.99 Å². The average Bonchev–Trinajstić information content (AvgIpc) is 3.30. The molecule has 1 fully saturated rings. The maximum absolute atomic E-state index is 5.64. The van der Waals surface area contributed by atoms with Crippen LogP contribution >= 0.6 is 0 Å². The molecule has 0 spiro atoms. The van der Waals surface area contributed by atoms with Crippen LogP contribution in [0.2, 0.25) is 0 Å². The number of ether oxygens (including phenoxy) is 1. The molecule has 1 unspecified atom stereocenters. The van der Waals surface area contributed by atoms with Crippen molar-refractivity contribution < 1.29 is 4.74 Å². The summed E-state index contributed by atoms with van der Waals surface area (Å²) in [6.07, 6.45) is 6.38. The first-order valence-electron chi connectivity index (χ1n) is 10.3. The first kappa shape index (κ1) is 20.2. The Bertz CT molecular complexity index is 798. The summed E-state index contributed by atoms with van der Waals surface area (Å²) in [5.74, 6) is 2.63. The molecule has 0 amide bonds. The van der Waals surface area contributed by atoms with Crippen LogP contribution in [0.4, 0.5) is 0 Å². The molecule has 0 radical (unpaired) electrons. The lowest BCUT2D eigenvalue weighted by atomic mass is 10.0. The fourth-order valence-corrected chi connectivity index (χ4v) is 3.82. The Morgan fingerprint density at radius 1 is 1.32 bits per heavy atom. The number of aliphatic imine (C=N–C) groups is 1. The minimum Gasteiger partial charge on any atom is -0.494 e. The Morgan fingerprint density at radius 3 is 2.86 bits per heavy atom. The summed E-state index contributed by atoms with van der Waals surface area (Å²) < 4.78 is 7.52. The van der Waals surface area contributed by atoms with Gasteiger partial charge in [-0.05, 0) is 62.3 Å². The topological polar surface area (TPSA) is 54.7 Å². The fraction of sp³-hybridized carbons (Fsp3) is 0.545. The molecule has 1 aliphatic rings. The van der Waals surface area contributed by atoms with Gasteiger partial charge in [0.15, 0.2) is 5.96 Å². The van der Waals surface area contributed by atoms with Crippen molar-refractivity contribution in [1.82, 2.24) is 20.0 Å². The van der Waals surface area contributed by atoms with Gasteiger partial charge in [0.2, 0.25) is 0 Å². The number of nitrogens with zero attached hydrogens (tertiary/aromatic N) is 4. The molecule has 1 atom stereocenters. The molecule has 0 aliphatic carbocycles. The van der Waals surface area contributed by atoms with Crippen molar-refractivity contribution in [3.05, 3.63) is 47.3 Å². The van der Waals surface area contributed by atoms with Gasteiger partial charge in [0.1, 0.15) is 5.75 Å². The summed E-state index contributed by atoms with van der Waals surface area (Å²) in [5, 5.41) is 7.75. The van der Waals surface area contributed by atoms with E-state index in [1.807, 2.05) is 24.9 Å². The van der Waals surface area contributed by atoms with E-state index in [0.717, 1.165) is 43.3 Å². The minimum absolute atomic E-state index is 0.653. The molecule has 1 saturated heterocycles. The molecule has 1 aliphatic heterocycles. The first-order valence-corrected chi connectivity index (χ1v) is 10.3. The van der Waals surface area contributed by atoms with E-state index in [1.54, 1.807) is 0 Å². The van der Waals surface area contributed by atoms with Crippen molar-refractivity contribution in [2.75, 3.05) is 26.2 Å². The molecule has 28 heavy (non-hydrogen) atoms.